The van der Waals surface area contributed by atoms with Gasteiger partial charge in [0.25, 0.3) is 11.8 Å². The molecule has 2 aromatic heterocycles. The molecule has 0 saturated carbocycles. The smallest absolute Gasteiger partial charge is 0.269 e. The van der Waals surface area contributed by atoms with Gasteiger partial charge in [0.1, 0.15) is 22.7 Å². The van der Waals surface area contributed by atoms with Crippen molar-refractivity contribution in [1.29, 1.82) is 0 Å². The van der Waals surface area contributed by atoms with Gasteiger partial charge in [0.15, 0.2) is 0 Å². The molecule has 2 N–H and O–H groups in total. The van der Waals surface area contributed by atoms with Crippen molar-refractivity contribution in [3.8, 4) is 11.5 Å². The Morgan fingerprint density at radius 1 is 0.903 bits per heavy atom. The molecule has 9 nitrogen and oxygen atoms in total. The Kier molecular flexibility index (Phi) is 5.48. The minimum atomic E-state index is -0.323. The lowest BCUT2D eigenvalue weighted by atomic mass is 10.1. The number of fused-ring (bicyclic) bond motifs is 1. The number of benzene rings is 2. The van der Waals surface area contributed by atoms with E-state index in [9.17, 15) is 9.59 Å². The molecule has 0 aliphatic rings. The standard InChI is InChI=1S/C22H18N6O3/c1-13-4-3-5-14(10-13)20(29)26-22-25-18-11-15(6-7-17(18)27-28-22)31-16-8-9-24-19(12-16)21(30)23-2/h3-12H,1-2H3,(H,23,30)(H,25,26,28,29). The molecular weight excluding hydrogens is 396 g/mol. The van der Waals surface area contributed by atoms with Crippen molar-refractivity contribution >= 4 is 28.8 Å². The van der Waals surface area contributed by atoms with E-state index in [1.165, 1.54) is 19.3 Å². The zero-order valence-corrected chi connectivity index (χ0v) is 16.8. The Bertz CT molecular complexity index is 1290. The Hall–Kier alpha value is -4.40. The maximum absolute atomic E-state index is 12.4. The molecule has 154 valence electrons. The molecule has 31 heavy (non-hydrogen) atoms. The lowest BCUT2D eigenvalue weighted by Crippen LogP contribution is -2.18. The van der Waals surface area contributed by atoms with Crippen molar-refractivity contribution in [2.24, 2.45) is 0 Å². The second-order valence-electron chi connectivity index (χ2n) is 6.67. The third-order valence-electron chi connectivity index (χ3n) is 4.36. The zero-order valence-electron chi connectivity index (χ0n) is 16.8. The Morgan fingerprint density at radius 2 is 1.74 bits per heavy atom. The molecule has 4 aromatic rings. The number of hydrogen-bond donors (Lipinski definition) is 2. The van der Waals surface area contributed by atoms with E-state index in [0.717, 1.165) is 5.56 Å². The molecule has 0 unspecified atom stereocenters. The third kappa shape index (κ3) is 4.61. The molecule has 2 amide bonds. The monoisotopic (exact) mass is 414 g/mol. The zero-order chi connectivity index (χ0) is 21.8. The van der Waals surface area contributed by atoms with Crippen LogP contribution in [0.1, 0.15) is 26.4 Å². The van der Waals surface area contributed by atoms with Gasteiger partial charge in [0.2, 0.25) is 5.95 Å². The van der Waals surface area contributed by atoms with Gasteiger partial charge >= 0.3 is 0 Å². The normalized spacial score (nSPS) is 10.5. The molecule has 0 aliphatic carbocycles. The van der Waals surface area contributed by atoms with Crippen LogP contribution in [0.25, 0.3) is 11.0 Å². The molecule has 0 bridgehead atoms. The fraction of sp³-hybridized carbons (Fsp3) is 0.0909. The topological polar surface area (TPSA) is 119 Å². The summed E-state index contributed by atoms with van der Waals surface area (Å²) in [6, 6.07) is 15.5. The van der Waals surface area contributed by atoms with Crippen LogP contribution in [0.4, 0.5) is 5.95 Å². The number of aromatic nitrogens is 4. The average molecular weight is 414 g/mol. The van der Waals surface area contributed by atoms with E-state index in [-0.39, 0.29) is 23.5 Å². The summed E-state index contributed by atoms with van der Waals surface area (Å²) in [5, 5.41) is 13.2. The molecule has 0 saturated heterocycles. The quantitative estimate of drug-likeness (QED) is 0.515. The summed E-state index contributed by atoms with van der Waals surface area (Å²) in [7, 11) is 1.53. The van der Waals surface area contributed by atoms with Gasteiger partial charge in [-0.3, -0.25) is 19.9 Å². The van der Waals surface area contributed by atoms with Gasteiger partial charge in [0.05, 0.1) is 5.52 Å². The predicted octanol–water partition coefficient (Wildman–Crippen LogP) is 3.13. The van der Waals surface area contributed by atoms with Crippen LogP contribution >= 0.6 is 0 Å². The third-order valence-corrected chi connectivity index (χ3v) is 4.36. The number of aryl methyl sites for hydroxylation is 1. The Balaban J connectivity index is 1.56. The van der Waals surface area contributed by atoms with E-state index < -0.39 is 0 Å². The Labute approximate surface area is 177 Å². The van der Waals surface area contributed by atoms with Gasteiger partial charge in [-0.1, -0.05) is 17.7 Å². The summed E-state index contributed by atoms with van der Waals surface area (Å²) >= 11 is 0. The first kappa shape index (κ1) is 19.9. The maximum atomic E-state index is 12.4. The van der Waals surface area contributed by atoms with Gasteiger partial charge in [-0.25, -0.2) is 4.98 Å². The molecule has 9 heteroatoms. The number of ether oxygens (including phenoxy) is 1. The Morgan fingerprint density at radius 3 is 2.55 bits per heavy atom. The van der Waals surface area contributed by atoms with Crippen LogP contribution < -0.4 is 15.4 Å². The molecule has 0 atom stereocenters. The molecule has 2 aromatic carbocycles. The van der Waals surface area contributed by atoms with Crippen molar-refractivity contribution in [1.82, 2.24) is 25.5 Å². The SMILES string of the molecule is CNC(=O)c1cc(Oc2ccc3nnc(NC(=O)c4cccc(C)c4)nc3c2)ccn1. The summed E-state index contributed by atoms with van der Waals surface area (Å²) in [5.41, 5.74) is 2.76. The van der Waals surface area contributed by atoms with Gasteiger partial charge in [-0.2, -0.15) is 0 Å². The van der Waals surface area contributed by atoms with Crippen LogP contribution in [-0.2, 0) is 0 Å². The van der Waals surface area contributed by atoms with Gasteiger partial charge in [0, 0.05) is 30.9 Å². The second-order valence-corrected chi connectivity index (χ2v) is 6.67. The number of anilines is 1. The van der Waals surface area contributed by atoms with E-state index in [2.05, 4.69) is 30.8 Å². The van der Waals surface area contributed by atoms with Gasteiger partial charge in [-0.15, -0.1) is 10.2 Å². The summed E-state index contributed by atoms with van der Waals surface area (Å²) in [6.45, 7) is 1.91. The lowest BCUT2D eigenvalue weighted by Gasteiger charge is -2.08. The molecule has 0 aliphatic heterocycles. The number of nitrogens with one attached hydrogen (secondary N) is 2. The largest absolute Gasteiger partial charge is 0.457 e. The highest BCUT2D eigenvalue weighted by atomic mass is 16.5. The first-order valence-corrected chi connectivity index (χ1v) is 9.40. The minimum Gasteiger partial charge on any atom is -0.457 e. The van der Waals surface area contributed by atoms with Crippen LogP contribution in [0.2, 0.25) is 0 Å². The van der Waals surface area contributed by atoms with Gasteiger partial charge < -0.3 is 10.1 Å². The van der Waals surface area contributed by atoms with E-state index in [1.54, 1.807) is 36.4 Å². The summed E-state index contributed by atoms with van der Waals surface area (Å²) in [5.74, 6) is 0.383. The number of carbonyl (C=O) groups is 2. The fourth-order valence-corrected chi connectivity index (χ4v) is 2.85. The molecule has 0 spiro atoms. The predicted molar refractivity (Wildman–Crippen MR) is 114 cm³/mol. The van der Waals surface area contributed by atoms with Crippen molar-refractivity contribution in [3.63, 3.8) is 0 Å². The highest BCUT2D eigenvalue weighted by Gasteiger charge is 2.11. The number of hydrogen-bond acceptors (Lipinski definition) is 7. The van der Waals surface area contributed by atoms with Crippen molar-refractivity contribution < 1.29 is 14.3 Å². The lowest BCUT2D eigenvalue weighted by molar-refractivity contribution is 0.0957. The summed E-state index contributed by atoms with van der Waals surface area (Å²) in [4.78, 5) is 32.6. The van der Waals surface area contributed by atoms with Crippen molar-refractivity contribution in [2.45, 2.75) is 6.92 Å². The number of carbonyl (C=O) groups excluding carboxylic acids is 2. The minimum absolute atomic E-state index is 0.0852. The second kappa shape index (κ2) is 8.54. The van der Waals surface area contributed by atoms with E-state index in [1.807, 2.05) is 19.1 Å². The van der Waals surface area contributed by atoms with E-state index >= 15 is 0 Å². The first-order chi connectivity index (χ1) is 15.0. The van der Waals surface area contributed by atoms with E-state index in [4.69, 9.17) is 4.74 Å². The fourth-order valence-electron chi connectivity index (χ4n) is 2.85. The molecule has 4 rings (SSSR count). The number of nitrogens with zero attached hydrogens (tertiary/aromatic N) is 4. The highest BCUT2D eigenvalue weighted by molar-refractivity contribution is 6.03. The summed E-state index contributed by atoms with van der Waals surface area (Å²) < 4.78 is 5.83. The molecule has 2 heterocycles. The maximum Gasteiger partial charge on any atom is 0.269 e. The van der Waals surface area contributed by atoms with Crippen LogP contribution in [-0.4, -0.2) is 39.0 Å². The van der Waals surface area contributed by atoms with Crippen LogP contribution in [0.5, 0.6) is 11.5 Å². The van der Waals surface area contributed by atoms with Crippen molar-refractivity contribution in [3.05, 3.63) is 77.6 Å². The van der Waals surface area contributed by atoms with E-state index in [0.29, 0.717) is 28.1 Å². The number of amides is 2. The van der Waals surface area contributed by atoms with Gasteiger partial charge in [-0.05, 0) is 37.3 Å². The summed E-state index contributed by atoms with van der Waals surface area (Å²) in [6.07, 6.45) is 1.49. The van der Waals surface area contributed by atoms with Crippen LogP contribution in [0, 0.1) is 6.92 Å². The van der Waals surface area contributed by atoms with Crippen molar-refractivity contribution in [2.75, 3.05) is 12.4 Å². The number of rotatable bonds is 5. The molecule has 0 fully saturated rings. The number of pyridine rings is 1. The molecule has 0 radical (unpaired) electrons. The first-order valence-electron chi connectivity index (χ1n) is 9.40. The van der Waals surface area contributed by atoms with Crippen LogP contribution in [0.15, 0.2) is 60.8 Å². The average Bonchev–Trinajstić information content (AvgIpc) is 2.78. The molecular formula is C22H18N6O3. The highest BCUT2D eigenvalue weighted by Crippen LogP contribution is 2.24. The van der Waals surface area contributed by atoms with Crippen LogP contribution in [0.3, 0.4) is 0 Å².